The quantitative estimate of drug-likeness (QED) is 0.817. The molecule has 0 aliphatic carbocycles. The van der Waals surface area contributed by atoms with Crippen LogP contribution in [-0.4, -0.2) is 23.5 Å². The molecule has 128 valence electrons. The van der Waals surface area contributed by atoms with E-state index in [0.29, 0.717) is 6.54 Å². The molecule has 3 N–H and O–H groups in total. The number of rotatable bonds is 6. The Morgan fingerprint density at radius 1 is 1.36 bits per heavy atom. The molecule has 1 atom stereocenters. The zero-order valence-corrected chi connectivity index (χ0v) is 13.7. The van der Waals surface area contributed by atoms with Crippen molar-refractivity contribution in [1.82, 2.24) is 10.3 Å². The average molecular weight is 362 g/mol. The number of nitrogens with two attached hydrogens (primary N) is 1. The van der Waals surface area contributed by atoms with Gasteiger partial charge >= 0.3 is 6.18 Å². The first-order valence-electron chi connectivity index (χ1n) is 6.42. The molecule has 1 aromatic heterocycles. The summed E-state index contributed by atoms with van der Waals surface area (Å²) >= 11 is 0. The van der Waals surface area contributed by atoms with E-state index in [1.165, 1.54) is 0 Å². The summed E-state index contributed by atoms with van der Waals surface area (Å²) in [5, 5.41) is 2.69. The lowest BCUT2D eigenvalue weighted by Gasteiger charge is -2.16. The molecule has 22 heavy (non-hydrogen) atoms. The molecule has 0 radical (unpaired) electrons. The second-order valence-corrected chi connectivity index (χ2v) is 4.48. The highest BCUT2D eigenvalue weighted by atomic mass is 35.5. The number of aromatic nitrogens is 1. The highest BCUT2D eigenvalue weighted by Gasteiger charge is 2.32. The van der Waals surface area contributed by atoms with Crippen molar-refractivity contribution in [3.63, 3.8) is 0 Å². The van der Waals surface area contributed by atoms with E-state index in [-0.39, 0.29) is 36.4 Å². The van der Waals surface area contributed by atoms with Crippen molar-refractivity contribution in [2.45, 2.75) is 38.4 Å². The molecule has 1 heterocycles. The maximum absolute atomic E-state index is 12.3. The SMILES string of the molecule is CCCCC(CN)NC(=O)c1ccc(C(F)(F)F)nc1.Cl.Cl. The Kier molecular flexibility index (Phi) is 11.2. The summed E-state index contributed by atoms with van der Waals surface area (Å²) in [6, 6.07) is 1.72. The summed E-state index contributed by atoms with van der Waals surface area (Å²) in [5.74, 6) is -0.460. The van der Waals surface area contributed by atoms with Crippen LogP contribution in [0.15, 0.2) is 18.3 Å². The minimum atomic E-state index is -4.50. The first-order valence-corrected chi connectivity index (χ1v) is 6.42. The van der Waals surface area contributed by atoms with Crippen LogP contribution in [0.3, 0.4) is 0 Å². The molecule has 1 rings (SSSR count). The van der Waals surface area contributed by atoms with Gasteiger partial charge in [0.05, 0.1) is 5.56 Å². The van der Waals surface area contributed by atoms with Gasteiger partial charge < -0.3 is 11.1 Å². The molecule has 0 bridgehead atoms. The molecule has 0 aliphatic rings. The summed E-state index contributed by atoms with van der Waals surface area (Å²) in [6.07, 6.45) is -0.935. The number of nitrogens with zero attached hydrogens (tertiary/aromatic N) is 1. The van der Waals surface area contributed by atoms with Crippen molar-refractivity contribution in [2.24, 2.45) is 5.73 Å². The standard InChI is InChI=1S/C13H18F3N3O.2ClH/c1-2-3-4-10(7-17)19-12(20)9-5-6-11(18-8-9)13(14,15)16;;/h5-6,8,10H,2-4,7,17H2,1H3,(H,19,20);2*1H. The van der Waals surface area contributed by atoms with E-state index >= 15 is 0 Å². The van der Waals surface area contributed by atoms with Gasteiger partial charge in [-0.2, -0.15) is 13.2 Å². The maximum atomic E-state index is 12.3. The lowest BCUT2D eigenvalue weighted by Crippen LogP contribution is -2.40. The Morgan fingerprint density at radius 3 is 2.41 bits per heavy atom. The largest absolute Gasteiger partial charge is 0.433 e. The molecule has 1 amide bonds. The van der Waals surface area contributed by atoms with Crippen LogP contribution in [0.4, 0.5) is 13.2 Å². The molecule has 0 saturated carbocycles. The maximum Gasteiger partial charge on any atom is 0.433 e. The van der Waals surface area contributed by atoms with Gasteiger partial charge in [0.1, 0.15) is 5.69 Å². The average Bonchev–Trinajstić information content (AvgIpc) is 2.42. The normalized spacial score (nSPS) is 11.9. The van der Waals surface area contributed by atoms with Crippen LogP contribution in [-0.2, 0) is 6.18 Å². The van der Waals surface area contributed by atoms with Crippen molar-refractivity contribution in [1.29, 1.82) is 0 Å². The van der Waals surface area contributed by atoms with Gasteiger partial charge in [0.15, 0.2) is 0 Å². The van der Waals surface area contributed by atoms with Gasteiger partial charge in [-0.25, -0.2) is 0 Å². The lowest BCUT2D eigenvalue weighted by atomic mass is 10.1. The number of unbranched alkanes of at least 4 members (excludes halogenated alkanes) is 1. The first kappa shape index (κ1) is 23.2. The van der Waals surface area contributed by atoms with Gasteiger partial charge in [-0.15, -0.1) is 24.8 Å². The van der Waals surface area contributed by atoms with Crippen LogP contribution < -0.4 is 11.1 Å². The summed E-state index contributed by atoms with van der Waals surface area (Å²) in [4.78, 5) is 15.1. The molecule has 1 aromatic rings. The third-order valence-electron chi connectivity index (χ3n) is 2.84. The number of nitrogens with one attached hydrogen (secondary N) is 1. The van der Waals surface area contributed by atoms with E-state index in [2.05, 4.69) is 10.3 Å². The fourth-order valence-corrected chi connectivity index (χ4v) is 1.66. The van der Waals surface area contributed by atoms with Gasteiger partial charge in [-0.3, -0.25) is 9.78 Å². The number of carbonyl (C=O) groups excluding carboxylic acids is 1. The predicted molar refractivity (Wildman–Crippen MR) is 83.6 cm³/mol. The number of pyridine rings is 1. The molecular weight excluding hydrogens is 342 g/mol. The fraction of sp³-hybridized carbons (Fsp3) is 0.538. The molecular formula is C13H20Cl2F3N3O. The summed E-state index contributed by atoms with van der Waals surface area (Å²) in [5.41, 5.74) is 4.61. The second kappa shape index (κ2) is 10.6. The second-order valence-electron chi connectivity index (χ2n) is 4.48. The molecule has 0 spiro atoms. The number of hydrogen-bond acceptors (Lipinski definition) is 3. The Bertz CT molecular complexity index is 441. The monoisotopic (exact) mass is 361 g/mol. The van der Waals surface area contributed by atoms with E-state index in [1.54, 1.807) is 0 Å². The van der Waals surface area contributed by atoms with Crippen molar-refractivity contribution < 1.29 is 18.0 Å². The zero-order chi connectivity index (χ0) is 15.2. The number of hydrogen-bond donors (Lipinski definition) is 2. The molecule has 0 fully saturated rings. The minimum absolute atomic E-state index is 0. The van der Waals surface area contributed by atoms with Crippen molar-refractivity contribution in [2.75, 3.05) is 6.54 Å². The highest BCUT2D eigenvalue weighted by Crippen LogP contribution is 2.27. The highest BCUT2D eigenvalue weighted by molar-refractivity contribution is 5.94. The van der Waals surface area contributed by atoms with E-state index in [0.717, 1.165) is 37.6 Å². The zero-order valence-electron chi connectivity index (χ0n) is 12.0. The molecule has 0 aliphatic heterocycles. The molecule has 9 heteroatoms. The van der Waals surface area contributed by atoms with Crippen molar-refractivity contribution in [3.8, 4) is 0 Å². The van der Waals surface area contributed by atoms with Crippen LogP contribution in [0.25, 0.3) is 0 Å². The number of amides is 1. The Labute approximate surface area is 139 Å². The number of carbonyl (C=O) groups is 1. The summed E-state index contributed by atoms with van der Waals surface area (Å²) < 4.78 is 37.0. The Morgan fingerprint density at radius 2 is 2.00 bits per heavy atom. The van der Waals surface area contributed by atoms with Crippen LogP contribution in [0.2, 0.25) is 0 Å². The fourth-order valence-electron chi connectivity index (χ4n) is 1.66. The van der Waals surface area contributed by atoms with E-state index < -0.39 is 17.8 Å². The molecule has 0 aromatic carbocycles. The Balaban J connectivity index is 0. The van der Waals surface area contributed by atoms with Gasteiger partial charge in [-0.05, 0) is 18.6 Å². The summed E-state index contributed by atoms with van der Waals surface area (Å²) in [7, 11) is 0. The molecule has 1 unspecified atom stereocenters. The molecule has 0 saturated heterocycles. The van der Waals surface area contributed by atoms with Gasteiger partial charge in [0.2, 0.25) is 0 Å². The van der Waals surface area contributed by atoms with Gasteiger partial charge in [0, 0.05) is 18.8 Å². The van der Waals surface area contributed by atoms with Crippen LogP contribution in [0.5, 0.6) is 0 Å². The predicted octanol–water partition coefficient (Wildman–Crippen LogP) is 3.19. The van der Waals surface area contributed by atoms with Crippen molar-refractivity contribution in [3.05, 3.63) is 29.6 Å². The van der Waals surface area contributed by atoms with Gasteiger partial charge in [0.25, 0.3) is 5.91 Å². The van der Waals surface area contributed by atoms with E-state index in [1.807, 2.05) is 6.92 Å². The topological polar surface area (TPSA) is 68.0 Å². The Hall–Kier alpha value is -1.05. The van der Waals surface area contributed by atoms with Crippen LogP contribution in [0, 0.1) is 0 Å². The third kappa shape index (κ3) is 7.29. The van der Waals surface area contributed by atoms with Crippen LogP contribution in [0.1, 0.15) is 42.2 Å². The van der Waals surface area contributed by atoms with Crippen LogP contribution >= 0.6 is 24.8 Å². The smallest absolute Gasteiger partial charge is 0.348 e. The minimum Gasteiger partial charge on any atom is -0.348 e. The van der Waals surface area contributed by atoms with E-state index in [4.69, 9.17) is 5.73 Å². The summed E-state index contributed by atoms with van der Waals surface area (Å²) in [6.45, 7) is 2.31. The first-order chi connectivity index (χ1) is 9.38. The molecule has 4 nitrogen and oxygen atoms in total. The van der Waals surface area contributed by atoms with E-state index in [9.17, 15) is 18.0 Å². The number of alkyl halides is 3. The number of halogens is 5. The van der Waals surface area contributed by atoms with Gasteiger partial charge in [-0.1, -0.05) is 19.8 Å². The van der Waals surface area contributed by atoms with Crippen molar-refractivity contribution >= 4 is 30.7 Å². The lowest BCUT2D eigenvalue weighted by molar-refractivity contribution is -0.141. The third-order valence-corrected chi connectivity index (χ3v) is 2.84.